The SMILES string of the molecule is O=C(COC(=O)c1cc2ccccc2[nH]1)NNC(=O)c1ccc(Cl)cc1. The molecule has 3 N–H and O–H groups in total. The predicted octanol–water partition coefficient (Wildman–Crippen LogP) is 2.44. The smallest absolute Gasteiger partial charge is 0.355 e. The van der Waals surface area contributed by atoms with Crippen molar-refractivity contribution in [2.45, 2.75) is 0 Å². The molecule has 8 heteroatoms. The maximum Gasteiger partial charge on any atom is 0.355 e. The van der Waals surface area contributed by atoms with Gasteiger partial charge in [0.2, 0.25) is 0 Å². The number of benzene rings is 2. The standard InChI is InChI=1S/C18H14ClN3O4/c19-13-7-5-11(6-8-13)17(24)22-21-16(23)10-26-18(25)15-9-12-3-1-2-4-14(12)20-15/h1-9,20H,10H2,(H,21,23)(H,22,24). The summed E-state index contributed by atoms with van der Waals surface area (Å²) >= 11 is 5.74. The fraction of sp³-hybridized carbons (Fsp3) is 0.0556. The first kappa shape index (κ1) is 17.5. The molecule has 1 heterocycles. The first-order valence-electron chi connectivity index (χ1n) is 7.62. The highest BCUT2D eigenvalue weighted by Gasteiger charge is 2.13. The van der Waals surface area contributed by atoms with E-state index >= 15 is 0 Å². The lowest BCUT2D eigenvalue weighted by atomic mass is 10.2. The van der Waals surface area contributed by atoms with E-state index in [0.29, 0.717) is 10.6 Å². The number of aromatic nitrogens is 1. The lowest BCUT2D eigenvalue weighted by Crippen LogP contribution is -2.43. The van der Waals surface area contributed by atoms with E-state index in [9.17, 15) is 14.4 Å². The number of fused-ring (bicyclic) bond motifs is 1. The zero-order valence-corrected chi connectivity index (χ0v) is 14.2. The van der Waals surface area contributed by atoms with Crippen LogP contribution in [0, 0.1) is 0 Å². The van der Waals surface area contributed by atoms with Gasteiger partial charge in [-0.15, -0.1) is 0 Å². The van der Waals surface area contributed by atoms with Crippen molar-refractivity contribution in [3.05, 3.63) is 70.9 Å². The fourth-order valence-electron chi connectivity index (χ4n) is 2.23. The third-order valence-corrected chi connectivity index (χ3v) is 3.76. The Morgan fingerprint density at radius 2 is 1.73 bits per heavy atom. The molecular weight excluding hydrogens is 358 g/mol. The molecule has 2 aromatic carbocycles. The van der Waals surface area contributed by atoms with Crippen LogP contribution in [0.3, 0.4) is 0 Å². The molecule has 0 aliphatic carbocycles. The molecule has 0 fully saturated rings. The van der Waals surface area contributed by atoms with Gasteiger partial charge in [-0.05, 0) is 36.4 Å². The molecule has 0 unspecified atom stereocenters. The number of amides is 2. The van der Waals surface area contributed by atoms with Gasteiger partial charge in [0.05, 0.1) is 0 Å². The first-order chi connectivity index (χ1) is 12.5. The fourth-order valence-corrected chi connectivity index (χ4v) is 2.35. The maximum atomic E-state index is 12.0. The van der Waals surface area contributed by atoms with Crippen molar-refractivity contribution in [3.8, 4) is 0 Å². The van der Waals surface area contributed by atoms with Crippen LogP contribution < -0.4 is 10.9 Å². The zero-order valence-electron chi connectivity index (χ0n) is 13.4. The largest absolute Gasteiger partial charge is 0.451 e. The number of rotatable bonds is 4. The number of esters is 1. The van der Waals surface area contributed by atoms with Crippen LogP contribution in [-0.2, 0) is 9.53 Å². The monoisotopic (exact) mass is 371 g/mol. The highest BCUT2D eigenvalue weighted by molar-refractivity contribution is 6.30. The van der Waals surface area contributed by atoms with Gasteiger partial charge in [0.15, 0.2) is 6.61 Å². The van der Waals surface area contributed by atoms with Crippen molar-refractivity contribution >= 4 is 40.3 Å². The van der Waals surface area contributed by atoms with Crippen LogP contribution in [-0.4, -0.2) is 29.4 Å². The molecule has 26 heavy (non-hydrogen) atoms. The second-order valence-corrected chi connectivity index (χ2v) is 5.79. The summed E-state index contributed by atoms with van der Waals surface area (Å²) in [6.07, 6.45) is 0. The maximum absolute atomic E-state index is 12.0. The second kappa shape index (κ2) is 7.71. The summed E-state index contributed by atoms with van der Waals surface area (Å²) in [5.41, 5.74) is 5.75. The lowest BCUT2D eigenvalue weighted by molar-refractivity contribution is -0.125. The Kier molecular flexibility index (Phi) is 5.19. The van der Waals surface area contributed by atoms with Crippen LogP contribution in [0.5, 0.6) is 0 Å². The minimum absolute atomic E-state index is 0.240. The van der Waals surface area contributed by atoms with Gasteiger partial charge in [0.1, 0.15) is 5.69 Å². The van der Waals surface area contributed by atoms with Crippen LogP contribution in [0.2, 0.25) is 5.02 Å². The molecule has 0 saturated heterocycles. The second-order valence-electron chi connectivity index (χ2n) is 5.36. The molecule has 3 aromatic rings. The van der Waals surface area contributed by atoms with E-state index in [1.807, 2.05) is 24.3 Å². The number of para-hydroxylation sites is 1. The summed E-state index contributed by atoms with van der Waals surface area (Å²) in [5, 5.41) is 1.36. The predicted molar refractivity (Wildman–Crippen MR) is 95.6 cm³/mol. The Morgan fingerprint density at radius 3 is 2.46 bits per heavy atom. The van der Waals surface area contributed by atoms with E-state index in [-0.39, 0.29) is 5.69 Å². The number of hydrogen-bond acceptors (Lipinski definition) is 4. The van der Waals surface area contributed by atoms with E-state index < -0.39 is 24.4 Å². The van der Waals surface area contributed by atoms with E-state index in [2.05, 4.69) is 15.8 Å². The third-order valence-electron chi connectivity index (χ3n) is 3.51. The van der Waals surface area contributed by atoms with Crippen LogP contribution in [0.1, 0.15) is 20.8 Å². The first-order valence-corrected chi connectivity index (χ1v) is 8.00. The minimum Gasteiger partial charge on any atom is -0.451 e. The molecule has 3 rings (SSSR count). The van der Waals surface area contributed by atoms with Crippen molar-refractivity contribution in [2.24, 2.45) is 0 Å². The minimum atomic E-state index is -0.670. The molecular formula is C18H14ClN3O4. The highest BCUT2D eigenvalue weighted by atomic mass is 35.5. The van der Waals surface area contributed by atoms with Gasteiger partial charge < -0.3 is 9.72 Å². The molecule has 2 amide bonds. The van der Waals surface area contributed by atoms with E-state index in [1.54, 1.807) is 18.2 Å². The summed E-state index contributed by atoms with van der Waals surface area (Å²) in [6.45, 7) is -0.533. The molecule has 0 atom stereocenters. The number of hydrogen-bond donors (Lipinski definition) is 3. The van der Waals surface area contributed by atoms with Crippen LogP contribution in [0.15, 0.2) is 54.6 Å². The van der Waals surface area contributed by atoms with Gasteiger partial charge in [-0.2, -0.15) is 0 Å². The normalized spacial score (nSPS) is 10.3. The molecule has 0 saturated carbocycles. The number of hydrazine groups is 1. The van der Waals surface area contributed by atoms with E-state index in [4.69, 9.17) is 16.3 Å². The Bertz CT molecular complexity index is 933. The molecule has 0 radical (unpaired) electrons. The molecule has 132 valence electrons. The summed E-state index contributed by atoms with van der Waals surface area (Å²) < 4.78 is 4.92. The summed E-state index contributed by atoms with van der Waals surface area (Å²) in [5.74, 6) is -1.85. The quantitative estimate of drug-likeness (QED) is 0.484. The Labute approximate surface area is 153 Å². The lowest BCUT2D eigenvalue weighted by Gasteiger charge is -2.07. The summed E-state index contributed by atoms with van der Waals surface area (Å²) in [6, 6.07) is 15.1. The summed E-state index contributed by atoms with van der Waals surface area (Å²) in [4.78, 5) is 38.4. The van der Waals surface area contributed by atoms with Gasteiger partial charge >= 0.3 is 5.97 Å². The van der Waals surface area contributed by atoms with Crippen LogP contribution in [0.4, 0.5) is 0 Å². The molecule has 0 bridgehead atoms. The van der Waals surface area contributed by atoms with Gasteiger partial charge in [-0.25, -0.2) is 4.79 Å². The van der Waals surface area contributed by atoms with E-state index in [1.165, 1.54) is 12.1 Å². The summed E-state index contributed by atoms with van der Waals surface area (Å²) in [7, 11) is 0. The van der Waals surface area contributed by atoms with Gasteiger partial charge in [0.25, 0.3) is 11.8 Å². The molecule has 0 aliphatic rings. The van der Waals surface area contributed by atoms with Crippen LogP contribution >= 0.6 is 11.6 Å². The molecule has 1 aromatic heterocycles. The Hall–Kier alpha value is -3.32. The zero-order chi connectivity index (χ0) is 18.5. The van der Waals surface area contributed by atoms with Gasteiger partial charge in [-0.3, -0.25) is 20.4 Å². The van der Waals surface area contributed by atoms with Crippen molar-refractivity contribution in [2.75, 3.05) is 6.61 Å². The third kappa shape index (κ3) is 4.20. The number of halogens is 1. The van der Waals surface area contributed by atoms with Crippen molar-refractivity contribution in [1.29, 1.82) is 0 Å². The Balaban J connectivity index is 1.48. The van der Waals surface area contributed by atoms with E-state index in [0.717, 1.165) is 10.9 Å². The number of nitrogens with one attached hydrogen (secondary N) is 3. The Morgan fingerprint density at radius 1 is 1.00 bits per heavy atom. The highest BCUT2D eigenvalue weighted by Crippen LogP contribution is 2.15. The topological polar surface area (TPSA) is 100 Å². The molecule has 0 spiro atoms. The van der Waals surface area contributed by atoms with Gasteiger partial charge in [-0.1, -0.05) is 29.8 Å². The van der Waals surface area contributed by atoms with Crippen molar-refractivity contribution in [3.63, 3.8) is 0 Å². The van der Waals surface area contributed by atoms with Crippen molar-refractivity contribution in [1.82, 2.24) is 15.8 Å². The van der Waals surface area contributed by atoms with Gasteiger partial charge in [0, 0.05) is 21.5 Å². The number of H-pyrrole nitrogens is 1. The van der Waals surface area contributed by atoms with Crippen LogP contribution in [0.25, 0.3) is 10.9 Å². The number of ether oxygens (including phenoxy) is 1. The average Bonchev–Trinajstić information content (AvgIpc) is 3.09. The number of carbonyl (C=O) groups is 3. The molecule has 0 aliphatic heterocycles. The van der Waals surface area contributed by atoms with Crippen molar-refractivity contribution < 1.29 is 19.1 Å². The number of aromatic amines is 1. The number of carbonyl (C=O) groups excluding carboxylic acids is 3. The molecule has 7 nitrogen and oxygen atoms in total. The average molecular weight is 372 g/mol.